The SMILES string of the molecule is Cc1ccc(OCC(=O)N2CCc3[nH]c4ccccc4c3C2)c(C(C)(C)C)c1. The Hall–Kier alpha value is -2.75. The van der Waals surface area contributed by atoms with Gasteiger partial charge < -0.3 is 14.6 Å². The molecule has 0 saturated carbocycles. The lowest BCUT2D eigenvalue weighted by Gasteiger charge is -2.28. The van der Waals surface area contributed by atoms with Gasteiger partial charge in [0.2, 0.25) is 0 Å². The molecule has 4 heteroatoms. The Morgan fingerprint density at radius 1 is 1.18 bits per heavy atom. The molecule has 2 heterocycles. The first-order chi connectivity index (χ1) is 13.3. The van der Waals surface area contributed by atoms with Gasteiger partial charge in [0.25, 0.3) is 5.91 Å². The molecule has 3 aromatic rings. The summed E-state index contributed by atoms with van der Waals surface area (Å²) in [6.07, 6.45) is 0.855. The van der Waals surface area contributed by atoms with E-state index in [2.05, 4.69) is 50.9 Å². The number of hydrogen-bond donors (Lipinski definition) is 1. The lowest BCUT2D eigenvalue weighted by molar-refractivity contribution is -0.134. The van der Waals surface area contributed by atoms with Gasteiger partial charge >= 0.3 is 0 Å². The third-order valence-corrected chi connectivity index (χ3v) is 5.53. The Bertz CT molecular complexity index is 1030. The highest BCUT2D eigenvalue weighted by Crippen LogP contribution is 2.32. The van der Waals surface area contributed by atoms with E-state index in [9.17, 15) is 4.79 Å². The number of ether oxygens (including phenoxy) is 1. The van der Waals surface area contributed by atoms with Crippen LogP contribution in [0.5, 0.6) is 5.75 Å². The molecule has 0 bridgehead atoms. The van der Waals surface area contributed by atoms with Gasteiger partial charge in [-0.3, -0.25) is 4.79 Å². The Labute approximate surface area is 166 Å². The molecule has 1 N–H and O–H groups in total. The number of aromatic amines is 1. The maximum Gasteiger partial charge on any atom is 0.260 e. The Morgan fingerprint density at radius 3 is 2.75 bits per heavy atom. The average Bonchev–Trinajstić information content (AvgIpc) is 3.04. The van der Waals surface area contributed by atoms with E-state index in [-0.39, 0.29) is 17.9 Å². The maximum atomic E-state index is 12.9. The monoisotopic (exact) mass is 376 g/mol. The first-order valence-electron chi connectivity index (χ1n) is 9.93. The van der Waals surface area contributed by atoms with Crippen LogP contribution in [0.15, 0.2) is 42.5 Å². The Kier molecular flexibility index (Phi) is 4.66. The summed E-state index contributed by atoms with van der Waals surface area (Å²) in [5.74, 6) is 0.840. The van der Waals surface area contributed by atoms with Gasteiger partial charge in [0.1, 0.15) is 5.75 Å². The molecule has 4 nitrogen and oxygen atoms in total. The third kappa shape index (κ3) is 3.51. The fourth-order valence-electron chi connectivity index (χ4n) is 3.97. The number of amides is 1. The van der Waals surface area contributed by atoms with Crippen molar-refractivity contribution in [2.75, 3.05) is 13.2 Å². The van der Waals surface area contributed by atoms with Crippen LogP contribution in [0.25, 0.3) is 10.9 Å². The Morgan fingerprint density at radius 2 is 1.96 bits per heavy atom. The molecule has 0 saturated heterocycles. The lowest BCUT2D eigenvalue weighted by Crippen LogP contribution is -2.38. The number of nitrogens with zero attached hydrogens (tertiary/aromatic N) is 1. The molecule has 4 rings (SSSR count). The second kappa shape index (κ2) is 7.01. The predicted molar refractivity (Wildman–Crippen MR) is 113 cm³/mol. The minimum atomic E-state index is -0.0333. The van der Waals surface area contributed by atoms with E-state index in [0.29, 0.717) is 6.54 Å². The molecule has 1 aromatic heterocycles. The second-order valence-corrected chi connectivity index (χ2v) is 8.73. The number of carbonyl (C=O) groups excluding carboxylic acids is 1. The predicted octanol–water partition coefficient (Wildman–Crippen LogP) is 4.74. The summed E-state index contributed by atoms with van der Waals surface area (Å²) in [6.45, 7) is 10.0. The van der Waals surface area contributed by atoms with Crippen molar-refractivity contribution in [3.63, 3.8) is 0 Å². The van der Waals surface area contributed by atoms with Gasteiger partial charge in [0.05, 0.1) is 0 Å². The quantitative estimate of drug-likeness (QED) is 0.718. The van der Waals surface area contributed by atoms with Crippen molar-refractivity contribution in [1.29, 1.82) is 0 Å². The fourth-order valence-corrected chi connectivity index (χ4v) is 3.97. The molecule has 0 spiro atoms. The maximum absolute atomic E-state index is 12.9. The van der Waals surface area contributed by atoms with Crippen LogP contribution in [-0.2, 0) is 23.2 Å². The number of H-pyrrole nitrogens is 1. The first kappa shape index (κ1) is 18.6. The fraction of sp³-hybridized carbons (Fsp3) is 0.375. The van der Waals surface area contributed by atoms with Crippen molar-refractivity contribution >= 4 is 16.8 Å². The van der Waals surface area contributed by atoms with Gasteiger partial charge in [-0.25, -0.2) is 0 Å². The summed E-state index contributed by atoms with van der Waals surface area (Å²) in [5, 5.41) is 1.21. The number of para-hydroxylation sites is 1. The third-order valence-electron chi connectivity index (χ3n) is 5.53. The lowest BCUT2D eigenvalue weighted by atomic mass is 9.85. The van der Waals surface area contributed by atoms with Gasteiger partial charge in [-0.2, -0.15) is 0 Å². The van der Waals surface area contributed by atoms with Crippen LogP contribution in [0.3, 0.4) is 0 Å². The van der Waals surface area contributed by atoms with Crippen molar-refractivity contribution in [1.82, 2.24) is 9.88 Å². The van der Waals surface area contributed by atoms with Crippen LogP contribution in [0.4, 0.5) is 0 Å². The molecule has 28 heavy (non-hydrogen) atoms. The summed E-state index contributed by atoms with van der Waals surface area (Å²) >= 11 is 0. The number of carbonyl (C=O) groups is 1. The second-order valence-electron chi connectivity index (χ2n) is 8.73. The molecular weight excluding hydrogens is 348 g/mol. The van der Waals surface area contributed by atoms with Crippen molar-refractivity contribution in [3.8, 4) is 5.75 Å². The van der Waals surface area contributed by atoms with Crippen molar-refractivity contribution in [3.05, 3.63) is 64.8 Å². The molecule has 2 aromatic carbocycles. The van der Waals surface area contributed by atoms with Crippen LogP contribution >= 0.6 is 0 Å². The number of nitrogens with one attached hydrogen (secondary N) is 1. The number of benzene rings is 2. The molecular formula is C24H28N2O2. The normalized spacial score (nSPS) is 14.2. The van der Waals surface area contributed by atoms with E-state index >= 15 is 0 Å². The van der Waals surface area contributed by atoms with E-state index in [4.69, 9.17) is 4.74 Å². The number of hydrogen-bond acceptors (Lipinski definition) is 2. The summed E-state index contributed by atoms with van der Waals surface area (Å²) in [6, 6.07) is 14.5. The summed E-state index contributed by atoms with van der Waals surface area (Å²) in [4.78, 5) is 18.3. The van der Waals surface area contributed by atoms with E-state index in [0.717, 1.165) is 29.8 Å². The molecule has 0 fully saturated rings. The van der Waals surface area contributed by atoms with E-state index in [1.807, 2.05) is 29.2 Å². The number of aromatic nitrogens is 1. The highest BCUT2D eigenvalue weighted by Gasteiger charge is 2.25. The van der Waals surface area contributed by atoms with Crippen molar-refractivity contribution < 1.29 is 9.53 Å². The minimum absolute atomic E-state index is 0.0333. The average molecular weight is 377 g/mol. The van der Waals surface area contributed by atoms with Gasteiger partial charge in [-0.15, -0.1) is 0 Å². The largest absolute Gasteiger partial charge is 0.483 e. The van der Waals surface area contributed by atoms with E-state index < -0.39 is 0 Å². The topological polar surface area (TPSA) is 45.3 Å². The summed E-state index contributed by atoms with van der Waals surface area (Å²) in [7, 11) is 0. The summed E-state index contributed by atoms with van der Waals surface area (Å²) < 4.78 is 5.99. The molecule has 1 aliphatic rings. The number of aryl methyl sites for hydroxylation is 1. The highest BCUT2D eigenvalue weighted by molar-refractivity contribution is 5.86. The zero-order chi connectivity index (χ0) is 19.9. The Balaban J connectivity index is 1.49. The van der Waals surface area contributed by atoms with Gasteiger partial charge in [0, 0.05) is 41.7 Å². The zero-order valence-corrected chi connectivity index (χ0v) is 17.1. The van der Waals surface area contributed by atoms with Crippen LogP contribution in [0.2, 0.25) is 0 Å². The van der Waals surface area contributed by atoms with Gasteiger partial charge in [0.15, 0.2) is 6.61 Å². The van der Waals surface area contributed by atoms with Crippen LogP contribution in [0.1, 0.15) is 43.2 Å². The van der Waals surface area contributed by atoms with Crippen LogP contribution < -0.4 is 4.74 Å². The van der Waals surface area contributed by atoms with E-state index in [1.165, 1.54) is 22.2 Å². The molecule has 0 atom stereocenters. The highest BCUT2D eigenvalue weighted by atomic mass is 16.5. The standard InChI is InChI=1S/C24H28N2O2/c1-16-9-10-22(19(13-16)24(2,3)4)28-15-23(27)26-12-11-21-18(14-26)17-7-5-6-8-20(17)25-21/h5-10,13,25H,11-12,14-15H2,1-4H3. The van der Waals surface area contributed by atoms with Crippen molar-refractivity contribution in [2.45, 2.75) is 46.1 Å². The number of rotatable bonds is 3. The molecule has 0 radical (unpaired) electrons. The first-order valence-corrected chi connectivity index (χ1v) is 9.93. The molecule has 0 unspecified atom stereocenters. The summed E-state index contributed by atoms with van der Waals surface area (Å²) in [5.41, 5.74) is 5.94. The van der Waals surface area contributed by atoms with E-state index in [1.54, 1.807) is 0 Å². The molecule has 146 valence electrons. The van der Waals surface area contributed by atoms with Gasteiger partial charge in [-0.05, 0) is 30.0 Å². The minimum Gasteiger partial charge on any atom is -0.483 e. The molecule has 1 aliphatic heterocycles. The van der Waals surface area contributed by atoms with Crippen LogP contribution in [0, 0.1) is 6.92 Å². The molecule has 0 aliphatic carbocycles. The van der Waals surface area contributed by atoms with Crippen LogP contribution in [-0.4, -0.2) is 28.9 Å². The van der Waals surface area contributed by atoms with Crippen molar-refractivity contribution in [2.24, 2.45) is 0 Å². The van der Waals surface area contributed by atoms with Gasteiger partial charge in [-0.1, -0.05) is 56.7 Å². The molecule has 1 amide bonds. The zero-order valence-electron chi connectivity index (χ0n) is 17.1. The smallest absolute Gasteiger partial charge is 0.260 e. The number of fused-ring (bicyclic) bond motifs is 3.